The predicted molar refractivity (Wildman–Crippen MR) is 212 cm³/mol. The van der Waals surface area contributed by atoms with Crippen LogP contribution in [-0.4, -0.2) is 98.8 Å². The maximum absolute atomic E-state index is 13.6. The molecule has 2 N–H and O–H groups in total. The molecule has 4 aliphatic rings. The Balaban J connectivity index is 0.815. The summed E-state index contributed by atoms with van der Waals surface area (Å²) in [4.78, 5) is 71.5. The second kappa shape index (κ2) is 16.0. The van der Waals surface area contributed by atoms with Crippen LogP contribution >= 0.6 is 0 Å². The number of ketones is 1. The molecule has 55 heavy (non-hydrogen) atoms. The van der Waals surface area contributed by atoms with E-state index in [0.29, 0.717) is 41.9 Å². The fourth-order valence-corrected chi connectivity index (χ4v) is 9.13. The van der Waals surface area contributed by atoms with Gasteiger partial charge in [-0.25, -0.2) is 9.97 Å². The largest absolute Gasteiger partial charge is 0.370 e. The molecule has 1 atom stereocenters. The number of amides is 2. The molecule has 0 bridgehead atoms. The molecule has 0 radical (unpaired) electrons. The minimum absolute atomic E-state index is 0.0271. The summed E-state index contributed by atoms with van der Waals surface area (Å²) in [5.41, 5.74) is 4.53. The number of fused-ring (bicyclic) bond motifs is 1. The number of nitrogens with one attached hydrogen (secondary N) is 2. The number of aryl methyl sites for hydroxylation is 1. The van der Waals surface area contributed by atoms with Crippen molar-refractivity contribution in [2.45, 2.75) is 89.6 Å². The van der Waals surface area contributed by atoms with Crippen molar-refractivity contribution >= 4 is 46.1 Å². The van der Waals surface area contributed by atoms with Gasteiger partial charge in [-0.05, 0) is 81.2 Å². The highest BCUT2D eigenvalue weighted by Gasteiger charge is 2.30. The van der Waals surface area contributed by atoms with Crippen molar-refractivity contribution in [3.63, 3.8) is 0 Å². The minimum Gasteiger partial charge on any atom is -0.370 e. The Bertz CT molecular complexity index is 2110. The first kappa shape index (κ1) is 36.9. The molecule has 4 fully saturated rings. The maximum Gasteiger partial charge on any atom is 0.263 e. The molecule has 6 heterocycles. The monoisotopic (exact) mass is 745 g/mol. The summed E-state index contributed by atoms with van der Waals surface area (Å²) in [6.45, 7) is 10.6. The molecule has 1 aliphatic carbocycles. The number of carbonyl (C=O) groups is 3. The first-order valence-corrected chi connectivity index (χ1v) is 20.0. The van der Waals surface area contributed by atoms with Gasteiger partial charge in [-0.3, -0.25) is 34.0 Å². The van der Waals surface area contributed by atoms with Gasteiger partial charge in [0.2, 0.25) is 17.8 Å². The summed E-state index contributed by atoms with van der Waals surface area (Å²) in [6, 6.07) is 13.0. The minimum atomic E-state index is -0.257. The lowest BCUT2D eigenvalue weighted by atomic mass is 9.90. The summed E-state index contributed by atoms with van der Waals surface area (Å²) in [6.07, 6.45) is 11.7. The number of Topliss-reactive ketones (excluding diaryl/α,β-unsaturated/α-hetero) is 1. The van der Waals surface area contributed by atoms with Crippen LogP contribution in [0.2, 0.25) is 0 Å². The fourth-order valence-electron chi connectivity index (χ4n) is 9.13. The molecule has 13 heteroatoms. The third-order valence-electron chi connectivity index (χ3n) is 12.3. The second-order valence-electron chi connectivity index (χ2n) is 15.7. The van der Waals surface area contributed by atoms with E-state index in [0.717, 1.165) is 107 Å². The number of piperazine rings is 1. The highest BCUT2D eigenvalue weighted by Crippen LogP contribution is 2.32. The SMILES string of the molecule is CC(=O)c1c(C)c2cnc(Nc3ccc(N4CCC(N5CCN(CCc6ccc(C7CCC(=O)NC7=O)cc6)CC5)CC4)cn3)nc2n(C2CCCC2)c1=O. The Hall–Kier alpha value is -5.01. The molecule has 0 spiro atoms. The van der Waals surface area contributed by atoms with Crippen LogP contribution < -0.4 is 21.1 Å². The van der Waals surface area contributed by atoms with Crippen LogP contribution in [0.4, 0.5) is 17.5 Å². The quantitative estimate of drug-likeness (QED) is 0.169. The molecule has 2 amide bonds. The number of anilines is 3. The Morgan fingerprint density at radius 1 is 0.855 bits per heavy atom. The van der Waals surface area contributed by atoms with Crippen molar-refractivity contribution < 1.29 is 14.4 Å². The first-order chi connectivity index (χ1) is 26.7. The van der Waals surface area contributed by atoms with Gasteiger partial charge in [0.1, 0.15) is 11.5 Å². The lowest BCUT2D eigenvalue weighted by molar-refractivity contribution is -0.134. The fraction of sp³-hybridized carbons (Fsp3) is 0.500. The third kappa shape index (κ3) is 7.90. The van der Waals surface area contributed by atoms with Crippen LogP contribution in [-0.2, 0) is 16.0 Å². The van der Waals surface area contributed by atoms with E-state index < -0.39 is 0 Å². The second-order valence-corrected chi connectivity index (χ2v) is 15.7. The number of aromatic nitrogens is 4. The van der Waals surface area contributed by atoms with Gasteiger partial charge in [-0.2, -0.15) is 4.98 Å². The van der Waals surface area contributed by atoms with Gasteiger partial charge in [-0.1, -0.05) is 37.1 Å². The van der Waals surface area contributed by atoms with Crippen molar-refractivity contribution in [2.75, 3.05) is 56.0 Å². The Morgan fingerprint density at radius 2 is 1.60 bits per heavy atom. The van der Waals surface area contributed by atoms with E-state index in [4.69, 9.17) is 9.97 Å². The number of nitrogens with zero attached hydrogens (tertiary/aromatic N) is 7. The summed E-state index contributed by atoms with van der Waals surface area (Å²) in [7, 11) is 0. The zero-order valence-electron chi connectivity index (χ0n) is 31.9. The van der Waals surface area contributed by atoms with E-state index in [-0.39, 0.29) is 40.7 Å². The highest BCUT2D eigenvalue weighted by atomic mass is 16.2. The van der Waals surface area contributed by atoms with Crippen molar-refractivity contribution in [2.24, 2.45) is 0 Å². The number of pyridine rings is 2. The standard InChI is InChI=1S/C42H51N9O4/c1-27-35-26-44-42(47-39(35)51(32-5-3-4-6-32)41(55)38(27)28(2)52)45-36-13-11-33(25-43-36)49-19-16-31(17-20-49)50-23-21-48(22-24-50)18-15-29-7-9-30(10-8-29)34-12-14-37(53)46-40(34)54/h7-11,13,25-26,31-32,34H,3-6,12,14-24H2,1-2H3,(H,46,53,54)(H,43,44,45,47). The Labute approximate surface area is 321 Å². The number of hydrogen-bond acceptors (Lipinski definition) is 11. The number of imide groups is 1. The van der Waals surface area contributed by atoms with E-state index in [1.807, 2.05) is 24.4 Å². The lowest BCUT2D eigenvalue weighted by Gasteiger charge is -2.43. The van der Waals surface area contributed by atoms with Crippen molar-refractivity contribution in [1.82, 2.24) is 34.6 Å². The van der Waals surface area contributed by atoms with Crippen LogP contribution in [0.3, 0.4) is 0 Å². The molecule has 3 saturated heterocycles. The van der Waals surface area contributed by atoms with E-state index in [1.165, 1.54) is 12.5 Å². The third-order valence-corrected chi connectivity index (χ3v) is 12.3. The topological polar surface area (TPSA) is 146 Å². The zero-order valence-corrected chi connectivity index (χ0v) is 31.9. The Morgan fingerprint density at radius 3 is 2.27 bits per heavy atom. The number of rotatable bonds is 10. The van der Waals surface area contributed by atoms with Gasteiger partial charge >= 0.3 is 0 Å². The summed E-state index contributed by atoms with van der Waals surface area (Å²) >= 11 is 0. The number of benzene rings is 1. The van der Waals surface area contributed by atoms with Gasteiger partial charge in [0.25, 0.3) is 5.56 Å². The van der Waals surface area contributed by atoms with E-state index in [2.05, 4.69) is 48.5 Å². The average molecular weight is 746 g/mol. The summed E-state index contributed by atoms with van der Waals surface area (Å²) in [5.74, 6) is 0.182. The van der Waals surface area contributed by atoms with Gasteiger partial charge < -0.3 is 15.1 Å². The van der Waals surface area contributed by atoms with Gasteiger partial charge in [0.15, 0.2) is 5.78 Å². The Kier molecular flexibility index (Phi) is 10.7. The predicted octanol–water partition coefficient (Wildman–Crippen LogP) is 4.91. The van der Waals surface area contributed by atoms with Crippen molar-refractivity contribution in [3.8, 4) is 0 Å². The average Bonchev–Trinajstić information content (AvgIpc) is 3.73. The first-order valence-electron chi connectivity index (χ1n) is 20.0. The smallest absolute Gasteiger partial charge is 0.263 e. The van der Waals surface area contributed by atoms with Crippen LogP contribution in [0.5, 0.6) is 0 Å². The van der Waals surface area contributed by atoms with Crippen molar-refractivity contribution in [3.05, 3.63) is 81.4 Å². The van der Waals surface area contributed by atoms with Crippen molar-refractivity contribution in [1.29, 1.82) is 0 Å². The van der Waals surface area contributed by atoms with E-state index in [1.54, 1.807) is 17.7 Å². The zero-order chi connectivity index (χ0) is 38.1. The molecule has 1 unspecified atom stereocenters. The molecule has 3 aromatic heterocycles. The lowest BCUT2D eigenvalue weighted by Crippen LogP contribution is -2.53. The molecule has 3 aliphatic heterocycles. The highest BCUT2D eigenvalue weighted by molar-refractivity contribution is 6.01. The summed E-state index contributed by atoms with van der Waals surface area (Å²) in [5, 5.41) is 6.43. The van der Waals surface area contributed by atoms with Gasteiger partial charge in [0, 0.05) is 75.9 Å². The van der Waals surface area contributed by atoms with Gasteiger partial charge in [-0.15, -0.1) is 0 Å². The van der Waals surface area contributed by atoms with Gasteiger partial charge in [0.05, 0.1) is 23.4 Å². The van der Waals surface area contributed by atoms with Crippen LogP contribution in [0.25, 0.3) is 11.0 Å². The molecule has 4 aromatic rings. The number of carbonyl (C=O) groups excluding carboxylic acids is 3. The van der Waals surface area contributed by atoms with Crippen LogP contribution in [0.15, 0.2) is 53.6 Å². The molecule has 1 aromatic carbocycles. The van der Waals surface area contributed by atoms with E-state index >= 15 is 0 Å². The van der Waals surface area contributed by atoms with E-state index in [9.17, 15) is 19.2 Å². The normalized spacial score (nSPS) is 20.6. The summed E-state index contributed by atoms with van der Waals surface area (Å²) < 4.78 is 1.73. The molecule has 1 saturated carbocycles. The van der Waals surface area contributed by atoms with Crippen LogP contribution in [0, 0.1) is 6.92 Å². The molecule has 8 rings (SSSR count). The molecule has 13 nitrogen and oxygen atoms in total. The molecular formula is C42H51N9O4. The number of piperidine rings is 2. The number of hydrogen-bond donors (Lipinski definition) is 2. The maximum atomic E-state index is 13.6. The van der Waals surface area contributed by atoms with Crippen LogP contribution in [0.1, 0.15) is 97.3 Å². The molecular weight excluding hydrogens is 695 g/mol. The molecule has 288 valence electrons.